The molecule has 8 heteroatoms. The third-order valence-electron chi connectivity index (χ3n) is 8.56. The predicted octanol–water partition coefficient (Wildman–Crippen LogP) is 8.34. The summed E-state index contributed by atoms with van der Waals surface area (Å²) in [6.07, 6.45) is 10.7. The largest absolute Gasteiger partial charge is 0.358 e. The van der Waals surface area contributed by atoms with Gasteiger partial charge in [-0.25, -0.2) is 4.39 Å². The summed E-state index contributed by atoms with van der Waals surface area (Å²) in [4.78, 5) is 15.1. The number of benzene rings is 2. The SMILES string of the molecule is C=C(CC)Nc1cncc(-c2cc3c(-c4cc5c(-c6cc(F)cc(CCCN7CCCC7)c6)cccc5[nH]4)n[nH]c3cn2)c1. The lowest BCUT2D eigenvalue weighted by molar-refractivity contribution is 0.334. The number of H-pyrrole nitrogens is 2. The second kappa shape index (κ2) is 12.1. The Kier molecular flexibility index (Phi) is 7.66. The van der Waals surface area contributed by atoms with Gasteiger partial charge in [0.05, 0.1) is 35.0 Å². The van der Waals surface area contributed by atoms with Gasteiger partial charge in [0.25, 0.3) is 0 Å². The van der Waals surface area contributed by atoms with Crippen molar-refractivity contribution < 1.29 is 4.39 Å². The highest BCUT2D eigenvalue weighted by Gasteiger charge is 2.16. The molecule has 0 spiro atoms. The van der Waals surface area contributed by atoms with Crippen molar-refractivity contribution in [2.75, 3.05) is 25.0 Å². The van der Waals surface area contributed by atoms with Gasteiger partial charge in [-0.15, -0.1) is 0 Å². The summed E-state index contributed by atoms with van der Waals surface area (Å²) < 4.78 is 14.9. The second-order valence-corrected chi connectivity index (χ2v) is 11.7. The van der Waals surface area contributed by atoms with Crippen molar-refractivity contribution in [3.63, 3.8) is 0 Å². The Morgan fingerprint density at radius 2 is 1.86 bits per heavy atom. The van der Waals surface area contributed by atoms with Crippen LogP contribution in [0.3, 0.4) is 0 Å². The van der Waals surface area contributed by atoms with Gasteiger partial charge >= 0.3 is 0 Å². The van der Waals surface area contributed by atoms with Crippen LogP contribution in [0, 0.1) is 5.82 Å². The molecule has 1 aliphatic rings. The van der Waals surface area contributed by atoms with Crippen molar-refractivity contribution in [3.05, 3.63) is 96.8 Å². The average molecular weight is 586 g/mol. The molecule has 222 valence electrons. The molecular formula is C36H36FN7. The maximum Gasteiger partial charge on any atom is 0.124 e. The topological polar surface area (TPSA) is 85.5 Å². The molecule has 1 aliphatic heterocycles. The third kappa shape index (κ3) is 5.73. The molecule has 5 heterocycles. The molecule has 1 saturated heterocycles. The fourth-order valence-electron chi connectivity index (χ4n) is 6.22. The van der Waals surface area contributed by atoms with Crippen molar-refractivity contribution in [1.29, 1.82) is 0 Å². The van der Waals surface area contributed by atoms with Gasteiger partial charge in [-0.3, -0.25) is 15.1 Å². The molecule has 1 fully saturated rings. The number of aromatic amines is 2. The molecule has 0 saturated carbocycles. The van der Waals surface area contributed by atoms with Crippen LogP contribution in [0.25, 0.3) is 55.6 Å². The molecule has 0 atom stereocenters. The maximum atomic E-state index is 14.9. The van der Waals surface area contributed by atoms with Crippen LogP contribution in [-0.4, -0.2) is 49.7 Å². The molecular weight excluding hydrogens is 549 g/mol. The van der Waals surface area contributed by atoms with E-state index >= 15 is 0 Å². The van der Waals surface area contributed by atoms with E-state index in [4.69, 9.17) is 0 Å². The summed E-state index contributed by atoms with van der Waals surface area (Å²) in [6, 6.07) is 17.8. The van der Waals surface area contributed by atoms with Gasteiger partial charge in [-0.05, 0) is 105 Å². The number of hydrogen-bond donors (Lipinski definition) is 3. The highest BCUT2D eigenvalue weighted by Crippen LogP contribution is 2.35. The highest BCUT2D eigenvalue weighted by molar-refractivity contribution is 6.01. The number of aryl methyl sites for hydroxylation is 1. The molecule has 0 unspecified atom stereocenters. The number of allylic oxidation sites excluding steroid dienone is 1. The van der Waals surface area contributed by atoms with E-state index in [0.29, 0.717) is 0 Å². The second-order valence-electron chi connectivity index (χ2n) is 11.7. The number of rotatable bonds is 10. The van der Waals surface area contributed by atoms with Gasteiger partial charge in [-0.2, -0.15) is 5.10 Å². The van der Waals surface area contributed by atoms with E-state index in [0.717, 1.165) is 98.3 Å². The van der Waals surface area contributed by atoms with Crippen LogP contribution < -0.4 is 5.32 Å². The first-order chi connectivity index (χ1) is 21.5. The number of aromatic nitrogens is 5. The molecule has 0 bridgehead atoms. The quantitative estimate of drug-likeness (QED) is 0.150. The first kappa shape index (κ1) is 28.0. The van der Waals surface area contributed by atoms with Crippen LogP contribution in [0.5, 0.6) is 0 Å². The van der Waals surface area contributed by atoms with Crippen molar-refractivity contribution in [1.82, 2.24) is 30.0 Å². The summed E-state index contributed by atoms with van der Waals surface area (Å²) in [7, 11) is 0. The molecule has 3 N–H and O–H groups in total. The van der Waals surface area contributed by atoms with Gasteiger partial charge in [-0.1, -0.05) is 31.7 Å². The normalized spacial score (nSPS) is 13.7. The average Bonchev–Trinajstić information content (AvgIpc) is 3.80. The minimum Gasteiger partial charge on any atom is -0.358 e. The number of fused-ring (bicyclic) bond motifs is 2. The third-order valence-corrected chi connectivity index (χ3v) is 8.56. The Hall–Kier alpha value is -4.82. The molecule has 0 aliphatic carbocycles. The maximum absolute atomic E-state index is 14.9. The number of anilines is 1. The number of halogens is 1. The Bertz CT molecular complexity index is 1960. The lowest BCUT2D eigenvalue weighted by atomic mass is 9.98. The van der Waals surface area contributed by atoms with Crippen molar-refractivity contribution >= 4 is 27.5 Å². The van der Waals surface area contributed by atoms with E-state index < -0.39 is 0 Å². The van der Waals surface area contributed by atoms with Crippen LogP contribution in [0.15, 0.2) is 85.5 Å². The summed E-state index contributed by atoms with van der Waals surface area (Å²) >= 11 is 0. The lowest BCUT2D eigenvalue weighted by Gasteiger charge is -2.14. The first-order valence-electron chi connectivity index (χ1n) is 15.4. The van der Waals surface area contributed by atoms with E-state index in [9.17, 15) is 4.39 Å². The van der Waals surface area contributed by atoms with Crippen molar-refractivity contribution in [3.8, 4) is 33.8 Å². The molecule has 0 radical (unpaired) electrons. The minimum absolute atomic E-state index is 0.197. The molecule has 0 amide bonds. The van der Waals surface area contributed by atoms with Crippen LogP contribution in [0.1, 0.15) is 38.2 Å². The van der Waals surface area contributed by atoms with Gasteiger partial charge in [0.1, 0.15) is 11.5 Å². The Morgan fingerprint density at radius 3 is 2.73 bits per heavy atom. The molecule has 7 rings (SSSR count). The minimum atomic E-state index is -0.197. The standard InChI is InChI=1S/C36H36FN7/c1-3-23(2)40-28-17-26(20-38-21-28)33-19-31-35(22-39-33)42-43-36(31)34-18-30-29(9-6-10-32(30)41-34)25-14-24(15-27(37)16-25)8-7-13-44-11-4-5-12-44/h6,9-10,14-22,40-41H,2-5,7-8,11-13H2,1H3,(H,42,43). The summed E-state index contributed by atoms with van der Waals surface area (Å²) in [5, 5.41) is 13.1. The number of pyridine rings is 2. The Morgan fingerprint density at radius 1 is 0.977 bits per heavy atom. The fourth-order valence-corrected chi connectivity index (χ4v) is 6.22. The number of nitrogens with one attached hydrogen (secondary N) is 3. The molecule has 44 heavy (non-hydrogen) atoms. The summed E-state index contributed by atoms with van der Waals surface area (Å²) in [5.74, 6) is -0.197. The monoisotopic (exact) mass is 585 g/mol. The van der Waals surface area contributed by atoms with Crippen molar-refractivity contribution in [2.45, 2.75) is 39.0 Å². The molecule has 4 aromatic heterocycles. The number of nitrogens with zero attached hydrogens (tertiary/aromatic N) is 4. The molecule has 6 aromatic rings. The Balaban J connectivity index is 1.20. The smallest absolute Gasteiger partial charge is 0.124 e. The zero-order valence-electron chi connectivity index (χ0n) is 25.0. The molecule has 2 aromatic carbocycles. The van der Waals surface area contributed by atoms with Crippen LogP contribution in [-0.2, 0) is 6.42 Å². The zero-order valence-corrected chi connectivity index (χ0v) is 25.0. The van der Waals surface area contributed by atoms with E-state index in [-0.39, 0.29) is 5.82 Å². The van der Waals surface area contributed by atoms with Crippen molar-refractivity contribution in [2.24, 2.45) is 0 Å². The van der Waals surface area contributed by atoms with Gasteiger partial charge in [0, 0.05) is 33.7 Å². The van der Waals surface area contributed by atoms with E-state index in [2.05, 4.69) is 73.1 Å². The summed E-state index contributed by atoms with van der Waals surface area (Å²) in [6.45, 7) is 9.54. The van der Waals surface area contributed by atoms with Crippen LogP contribution in [0.4, 0.5) is 10.1 Å². The number of likely N-dealkylation sites (tertiary alicyclic amines) is 1. The summed E-state index contributed by atoms with van der Waals surface area (Å²) in [5.41, 5.74) is 9.92. The van der Waals surface area contributed by atoms with Gasteiger partial charge in [0.15, 0.2) is 0 Å². The zero-order chi connectivity index (χ0) is 30.0. The van der Waals surface area contributed by atoms with E-state index in [1.54, 1.807) is 24.5 Å². The predicted molar refractivity (Wildman–Crippen MR) is 177 cm³/mol. The van der Waals surface area contributed by atoms with Gasteiger partial charge in [0.2, 0.25) is 0 Å². The number of hydrogen-bond acceptors (Lipinski definition) is 5. The van der Waals surface area contributed by atoms with E-state index in [1.165, 1.54) is 25.9 Å². The lowest BCUT2D eigenvalue weighted by Crippen LogP contribution is -2.20. The van der Waals surface area contributed by atoms with Gasteiger partial charge < -0.3 is 15.2 Å². The van der Waals surface area contributed by atoms with Crippen LogP contribution >= 0.6 is 0 Å². The fraction of sp³-hybridized carbons (Fsp3) is 0.250. The van der Waals surface area contributed by atoms with Crippen LogP contribution in [0.2, 0.25) is 0 Å². The Labute approximate surface area is 256 Å². The van der Waals surface area contributed by atoms with E-state index in [1.807, 2.05) is 24.4 Å². The highest BCUT2D eigenvalue weighted by atomic mass is 19.1. The first-order valence-corrected chi connectivity index (χ1v) is 15.4. The molecule has 7 nitrogen and oxygen atoms in total.